The highest BCUT2D eigenvalue weighted by Crippen LogP contribution is 2.30. The fourth-order valence-corrected chi connectivity index (χ4v) is 3.31. The van der Waals surface area contributed by atoms with Gasteiger partial charge in [0.2, 0.25) is 5.91 Å². The highest BCUT2D eigenvalue weighted by Gasteiger charge is 2.52. The normalized spacial score (nSPS) is 20.6. The van der Waals surface area contributed by atoms with E-state index in [1.807, 2.05) is 45.0 Å². The number of Topliss-reactive ketones (excluding diaryl/α,β-unsaturated/α-hetero) is 1. The average molecular weight is 389 g/mol. The predicted molar refractivity (Wildman–Crippen MR) is 107 cm³/mol. The summed E-state index contributed by atoms with van der Waals surface area (Å²) in [5.41, 5.74) is 4.65. The first-order valence-electron chi connectivity index (χ1n) is 9.42. The second-order valence-electron chi connectivity index (χ2n) is 9.38. The number of ketones is 1. The van der Waals surface area contributed by atoms with Crippen LogP contribution in [0, 0.1) is 5.41 Å². The Bertz CT molecular complexity index is 777. The van der Waals surface area contributed by atoms with Crippen molar-refractivity contribution in [3.63, 3.8) is 0 Å². The highest BCUT2D eigenvalue weighted by molar-refractivity contribution is 6.13. The van der Waals surface area contributed by atoms with Crippen LogP contribution in [0.1, 0.15) is 52.7 Å². The molecule has 1 aromatic rings. The summed E-state index contributed by atoms with van der Waals surface area (Å²) >= 11 is 0. The third-order valence-electron chi connectivity index (χ3n) is 4.79. The molecule has 1 aliphatic heterocycles. The summed E-state index contributed by atoms with van der Waals surface area (Å²) in [5, 5.41) is 5.70. The molecule has 0 saturated carbocycles. The maximum absolute atomic E-state index is 13.6. The van der Waals surface area contributed by atoms with Crippen molar-refractivity contribution in [3.8, 4) is 0 Å². The number of hydrogen-bond donors (Lipinski definition) is 3. The van der Waals surface area contributed by atoms with Crippen LogP contribution in [-0.2, 0) is 27.3 Å². The number of alkyl carbamates (subject to hydrolysis) is 1. The summed E-state index contributed by atoms with van der Waals surface area (Å²) in [4.78, 5) is 38.4. The number of benzene rings is 1. The van der Waals surface area contributed by atoms with Gasteiger partial charge in [-0.15, -0.1) is 0 Å². The lowest BCUT2D eigenvalue weighted by atomic mass is 9.73. The third-order valence-corrected chi connectivity index (χ3v) is 4.79. The molecular formula is C21H31N3O4. The average Bonchev–Trinajstić information content (AvgIpc) is 2.55. The highest BCUT2D eigenvalue weighted by atomic mass is 16.6. The summed E-state index contributed by atoms with van der Waals surface area (Å²) in [5.74, 6) is -1.22. The lowest BCUT2D eigenvalue weighted by Gasteiger charge is -2.41. The van der Waals surface area contributed by atoms with Gasteiger partial charge < -0.3 is 15.8 Å². The van der Waals surface area contributed by atoms with Gasteiger partial charge in [-0.3, -0.25) is 14.9 Å². The van der Waals surface area contributed by atoms with Crippen molar-refractivity contribution in [2.45, 2.75) is 71.7 Å². The first-order valence-corrected chi connectivity index (χ1v) is 9.42. The van der Waals surface area contributed by atoms with Crippen molar-refractivity contribution in [2.75, 3.05) is 0 Å². The van der Waals surface area contributed by atoms with Gasteiger partial charge in [0, 0.05) is 13.0 Å². The first-order chi connectivity index (χ1) is 12.8. The van der Waals surface area contributed by atoms with Gasteiger partial charge in [-0.1, -0.05) is 45.0 Å². The van der Waals surface area contributed by atoms with Crippen LogP contribution in [0.3, 0.4) is 0 Å². The van der Waals surface area contributed by atoms with E-state index >= 15 is 0 Å². The van der Waals surface area contributed by atoms with Crippen LogP contribution in [0.25, 0.3) is 0 Å². The fraction of sp³-hybridized carbons (Fsp3) is 0.571. The minimum absolute atomic E-state index is 0.139. The molecule has 0 saturated heterocycles. The zero-order valence-corrected chi connectivity index (χ0v) is 17.5. The Morgan fingerprint density at radius 2 is 1.68 bits per heavy atom. The molecule has 0 fully saturated rings. The van der Waals surface area contributed by atoms with E-state index in [2.05, 4.69) is 10.6 Å². The number of amides is 2. The van der Waals surface area contributed by atoms with Gasteiger partial charge in [-0.05, 0) is 37.3 Å². The molecule has 1 heterocycles. The van der Waals surface area contributed by atoms with E-state index < -0.39 is 40.4 Å². The Kier molecular flexibility index (Phi) is 5.90. The van der Waals surface area contributed by atoms with Gasteiger partial charge in [0.15, 0.2) is 11.3 Å². The summed E-state index contributed by atoms with van der Waals surface area (Å²) < 4.78 is 5.31. The Morgan fingerprint density at radius 3 is 2.18 bits per heavy atom. The van der Waals surface area contributed by atoms with Gasteiger partial charge in [0.05, 0.1) is 6.04 Å². The lowest BCUT2D eigenvalue weighted by molar-refractivity contribution is -0.139. The second-order valence-corrected chi connectivity index (χ2v) is 9.38. The number of rotatable bonds is 4. The third kappa shape index (κ3) is 4.70. The van der Waals surface area contributed by atoms with Crippen LogP contribution in [0.5, 0.6) is 0 Å². The van der Waals surface area contributed by atoms with E-state index in [4.69, 9.17) is 10.5 Å². The van der Waals surface area contributed by atoms with Crippen molar-refractivity contribution in [1.82, 2.24) is 10.6 Å². The second kappa shape index (κ2) is 7.54. The maximum atomic E-state index is 13.6. The van der Waals surface area contributed by atoms with Crippen LogP contribution < -0.4 is 16.4 Å². The van der Waals surface area contributed by atoms with E-state index in [-0.39, 0.29) is 6.42 Å². The molecule has 28 heavy (non-hydrogen) atoms. The van der Waals surface area contributed by atoms with Gasteiger partial charge in [-0.25, -0.2) is 4.79 Å². The van der Waals surface area contributed by atoms with Gasteiger partial charge in [0.25, 0.3) is 0 Å². The number of primary amides is 1. The Morgan fingerprint density at radius 1 is 1.11 bits per heavy atom. The van der Waals surface area contributed by atoms with E-state index in [0.29, 0.717) is 6.54 Å². The molecule has 0 bridgehead atoms. The molecule has 0 aliphatic carbocycles. The number of nitrogens with one attached hydrogen (secondary N) is 2. The molecule has 1 aliphatic rings. The summed E-state index contributed by atoms with van der Waals surface area (Å²) in [6, 6.07) is 6.63. The molecule has 0 unspecified atom stereocenters. The van der Waals surface area contributed by atoms with E-state index in [1.165, 1.54) is 0 Å². The van der Waals surface area contributed by atoms with Gasteiger partial charge >= 0.3 is 6.09 Å². The summed E-state index contributed by atoms with van der Waals surface area (Å²) in [6.45, 7) is 11.0. The number of nitrogens with two attached hydrogens (primary N) is 1. The van der Waals surface area contributed by atoms with Gasteiger partial charge in [-0.2, -0.15) is 0 Å². The van der Waals surface area contributed by atoms with Gasteiger partial charge in [0.1, 0.15) is 5.60 Å². The molecule has 0 spiro atoms. The molecule has 1 aromatic carbocycles. The zero-order valence-electron chi connectivity index (χ0n) is 17.5. The number of fused-ring (bicyclic) bond motifs is 1. The van der Waals surface area contributed by atoms with Crippen molar-refractivity contribution in [3.05, 3.63) is 35.4 Å². The topological polar surface area (TPSA) is 111 Å². The fourth-order valence-electron chi connectivity index (χ4n) is 3.31. The summed E-state index contributed by atoms with van der Waals surface area (Å²) in [7, 11) is 0. The molecule has 7 nitrogen and oxygen atoms in total. The molecule has 2 rings (SSSR count). The smallest absolute Gasteiger partial charge is 0.408 e. The monoisotopic (exact) mass is 389 g/mol. The first kappa shape index (κ1) is 21.9. The largest absolute Gasteiger partial charge is 0.444 e. The van der Waals surface area contributed by atoms with Crippen LogP contribution in [0.4, 0.5) is 4.79 Å². The maximum Gasteiger partial charge on any atom is 0.408 e. The number of carbonyl (C=O) groups excluding carboxylic acids is 3. The summed E-state index contributed by atoms with van der Waals surface area (Å²) in [6.07, 6.45) is -0.573. The minimum Gasteiger partial charge on any atom is -0.444 e. The van der Waals surface area contributed by atoms with E-state index in [0.717, 1.165) is 11.1 Å². The number of carbonyl (C=O) groups is 3. The quantitative estimate of drug-likeness (QED) is 0.683. The minimum atomic E-state index is -1.60. The van der Waals surface area contributed by atoms with Crippen LogP contribution in [0.15, 0.2) is 24.3 Å². The standard InChI is InChI=1S/C21H31N3O4/c1-19(2,3)15(24-18(27)28-20(4,5)6)16(25)21(17(22)26)11-13-9-7-8-10-14(13)12-23-21/h7-10,15,23H,11-12H2,1-6H3,(H2,22,26)(H,24,27)/t15-,21+/m1/s1. The van der Waals surface area contributed by atoms with Crippen LogP contribution in [0.2, 0.25) is 0 Å². The lowest BCUT2D eigenvalue weighted by Crippen LogP contribution is -2.69. The molecular weight excluding hydrogens is 358 g/mol. The van der Waals surface area contributed by atoms with Crippen molar-refractivity contribution in [2.24, 2.45) is 11.1 Å². The van der Waals surface area contributed by atoms with Crippen molar-refractivity contribution >= 4 is 17.8 Å². The Hall–Kier alpha value is -2.41. The molecule has 2 atom stereocenters. The predicted octanol–water partition coefficient (Wildman–Crippen LogP) is 2.06. The molecule has 0 aromatic heterocycles. The van der Waals surface area contributed by atoms with E-state index in [1.54, 1.807) is 20.8 Å². The van der Waals surface area contributed by atoms with E-state index in [9.17, 15) is 14.4 Å². The number of ether oxygens (including phenoxy) is 1. The number of hydrogen-bond acceptors (Lipinski definition) is 5. The van der Waals surface area contributed by atoms with Crippen LogP contribution >= 0.6 is 0 Å². The van der Waals surface area contributed by atoms with Crippen molar-refractivity contribution in [1.29, 1.82) is 0 Å². The molecule has 2 amide bonds. The van der Waals surface area contributed by atoms with Crippen molar-refractivity contribution < 1.29 is 19.1 Å². The Balaban J connectivity index is 2.38. The molecule has 4 N–H and O–H groups in total. The Labute approximate surface area is 166 Å². The SMILES string of the molecule is CC(C)(C)OC(=O)N[C@H](C(=O)[C@]1(C(N)=O)Cc2ccccc2CN1)C(C)(C)C. The molecule has 0 radical (unpaired) electrons. The van der Waals surface area contributed by atoms with Crippen LogP contribution in [-0.4, -0.2) is 35.0 Å². The molecule has 154 valence electrons. The molecule has 7 heteroatoms. The zero-order chi connectivity index (χ0) is 21.3.